The number of carbonyl (C=O) groups is 1. The van der Waals surface area contributed by atoms with E-state index in [4.69, 9.17) is 4.74 Å². The van der Waals surface area contributed by atoms with Crippen LogP contribution in [0.15, 0.2) is 60.7 Å². The lowest BCUT2D eigenvalue weighted by molar-refractivity contribution is 0.0978. The van der Waals surface area contributed by atoms with Crippen molar-refractivity contribution < 1.29 is 22.7 Å². The number of amides is 1. The molecular formula is C32H34F3N3O2S. The Hall–Kier alpha value is -3.01. The number of likely N-dealkylation sites (tertiary alicyclic amines) is 1. The zero-order valence-electron chi connectivity index (χ0n) is 22.8. The minimum Gasteiger partial charge on any atom is -0.493 e. The maximum Gasteiger partial charge on any atom is 0.265 e. The Morgan fingerprint density at radius 2 is 1.49 bits per heavy atom. The van der Waals surface area contributed by atoms with Crippen molar-refractivity contribution in [3.8, 4) is 5.75 Å². The SMILES string of the molecule is O=C(NSN1CCC1)c1cc(C2CC2)c(OCC2CCN(C(c3ccc(F)cc3)c3ccc(F)cc3)CC2)cc1F. The van der Waals surface area contributed by atoms with Crippen LogP contribution in [0.1, 0.15) is 71.1 Å². The molecule has 0 spiro atoms. The summed E-state index contributed by atoms with van der Waals surface area (Å²) in [6.45, 7) is 3.91. The highest BCUT2D eigenvalue weighted by Crippen LogP contribution is 2.45. The van der Waals surface area contributed by atoms with Gasteiger partial charge in [0.25, 0.3) is 5.91 Å². The Morgan fingerprint density at radius 1 is 0.878 bits per heavy atom. The summed E-state index contributed by atoms with van der Waals surface area (Å²) < 4.78 is 53.3. The molecule has 3 aromatic rings. The van der Waals surface area contributed by atoms with Crippen molar-refractivity contribution in [2.75, 3.05) is 32.8 Å². The fraction of sp³-hybridized carbons (Fsp3) is 0.406. The molecule has 41 heavy (non-hydrogen) atoms. The van der Waals surface area contributed by atoms with Gasteiger partial charge >= 0.3 is 0 Å². The van der Waals surface area contributed by atoms with Crippen LogP contribution in [-0.4, -0.2) is 47.9 Å². The lowest BCUT2D eigenvalue weighted by Crippen LogP contribution is -2.38. The van der Waals surface area contributed by atoms with Crippen molar-refractivity contribution >= 4 is 18.0 Å². The van der Waals surface area contributed by atoms with Crippen molar-refractivity contribution in [1.82, 2.24) is 13.9 Å². The highest BCUT2D eigenvalue weighted by molar-refractivity contribution is 7.95. The van der Waals surface area contributed by atoms with Gasteiger partial charge in [-0.15, -0.1) is 0 Å². The molecule has 1 aliphatic carbocycles. The van der Waals surface area contributed by atoms with Crippen LogP contribution in [-0.2, 0) is 0 Å². The summed E-state index contributed by atoms with van der Waals surface area (Å²) in [4.78, 5) is 15.0. The number of hydrogen-bond acceptors (Lipinski definition) is 5. The number of nitrogens with one attached hydrogen (secondary N) is 1. The smallest absolute Gasteiger partial charge is 0.265 e. The van der Waals surface area contributed by atoms with Crippen molar-refractivity contribution in [3.05, 3.63) is 100 Å². The first kappa shape index (κ1) is 28.1. The largest absolute Gasteiger partial charge is 0.493 e. The van der Waals surface area contributed by atoms with Crippen LogP contribution in [0.5, 0.6) is 5.75 Å². The Morgan fingerprint density at radius 3 is 2.02 bits per heavy atom. The van der Waals surface area contributed by atoms with Crippen LogP contribution in [0.25, 0.3) is 0 Å². The van der Waals surface area contributed by atoms with E-state index in [0.29, 0.717) is 24.2 Å². The summed E-state index contributed by atoms with van der Waals surface area (Å²) in [5.41, 5.74) is 2.90. The molecule has 216 valence electrons. The molecule has 3 aromatic carbocycles. The minimum absolute atomic E-state index is 0.0632. The van der Waals surface area contributed by atoms with Crippen molar-refractivity contribution in [2.24, 2.45) is 5.92 Å². The lowest BCUT2D eigenvalue weighted by Gasteiger charge is -2.38. The molecule has 0 bridgehead atoms. The Labute approximate surface area is 243 Å². The van der Waals surface area contributed by atoms with E-state index in [1.165, 1.54) is 42.5 Å². The molecule has 0 aromatic heterocycles. The first-order valence-electron chi connectivity index (χ1n) is 14.4. The molecule has 0 unspecified atom stereocenters. The van der Waals surface area contributed by atoms with Crippen molar-refractivity contribution in [3.63, 3.8) is 0 Å². The van der Waals surface area contributed by atoms with Gasteiger partial charge in [0, 0.05) is 31.3 Å². The normalized spacial score (nSPS) is 18.3. The predicted octanol–water partition coefficient (Wildman–Crippen LogP) is 6.86. The minimum atomic E-state index is -0.567. The van der Waals surface area contributed by atoms with Crippen LogP contribution >= 0.6 is 12.1 Å². The quantitative estimate of drug-likeness (QED) is 0.265. The summed E-state index contributed by atoms with van der Waals surface area (Å²) in [7, 11) is 0. The van der Waals surface area contributed by atoms with E-state index in [-0.39, 0.29) is 23.2 Å². The molecular weight excluding hydrogens is 547 g/mol. The molecule has 9 heteroatoms. The maximum atomic E-state index is 15.0. The van der Waals surface area contributed by atoms with Gasteiger partial charge in [0.1, 0.15) is 23.2 Å². The van der Waals surface area contributed by atoms with Crippen LogP contribution in [0.4, 0.5) is 13.2 Å². The molecule has 2 saturated heterocycles. The summed E-state index contributed by atoms with van der Waals surface area (Å²) >= 11 is 1.24. The Balaban J connectivity index is 1.10. The van der Waals surface area contributed by atoms with Crippen LogP contribution < -0.4 is 9.46 Å². The number of benzene rings is 3. The van der Waals surface area contributed by atoms with E-state index in [1.54, 1.807) is 30.3 Å². The third kappa shape index (κ3) is 6.74. The molecule has 1 amide bonds. The molecule has 3 fully saturated rings. The molecule has 1 N–H and O–H groups in total. The van der Waals surface area contributed by atoms with Crippen molar-refractivity contribution in [2.45, 2.75) is 44.1 Å². The average molecular weight is 582 g/mol. The summed E-state index contributed by atoms with van der Waals surface area (Å²) in [6.07, 6.45) is 4.90. The van der Waals surface area contributed by atoms with Crippen LogP contribution in [0, 0.1) is 23.4 Å². The highest BCUT2D eigenvalue weighted by Gasteiger charge is 2.31. The highest BCUT2D eigenvalue weighted by atomic mass is 32.2. The van der Waals surface area contributed by atoms with Gasteiger partial charge in [0.2, 0.25) is 0 Å². The van der Waals surface area contributed by atoms with E-state index in [9.17, 15) is 13.6 Å². The van der Waals surface area contributed by atoms with E-state index in [2.05, 4.69) is 9.62 Å². The predicted molar refractivity (Wildman–Crippen MR) is 154 cm³/mol. The number of ether oxygens (including phenoxy) is 1. The zero-order valence-corrected chi connectivity index (χ0v) is 23.6. The second-order valence-corrected chi connectivity index (χ2v) is 12.1. The number of nitrogens with zero attached hydrogens (tertiary/aromatic N) is 2. The fourth-order valence-corrected chi connectivity index (χ4v) is 6.38. The summed E-state index contributed by atoms with van der Waals surface area (Å²) in [5, 5.41) is 0. The second-order valence-electron chi connectivity index (χ2n) is 11.2. The molecule has 2 heterocycles. The Kier molecular flexibility index (Phi) is 8.55. The third-order valence-electron chi connectivity index (χ3n) is 8.30. The molecule has 2 aliphatic heterocycles. The molecule has 0 atom stereocenters. The molecule has 6 rings (SSSR count). The fourth-order valence-electron chi connectivity index (χ4n) is 5.61. The van der Waals surface area contributed by atoms with Gasteiger partial charge in [-0.25, -0.2) is 17.5 Å². The number of piperidine rings is 1. The second kappa shape index (κ2) is 12.5. The first-order chi connectivity index (χ1) is 19.9. The van der Waals surface area contributed by atoms with Gasteiger partial charge in [-0.1, -0.05) is 24.3 Å². The molecule has 3 aliphatic rings. The van der Waals surface area contributed by atoms with Gasteiger partial charge in [-0.05, 0) is 104 Å². The van der Waals surface area contributed by atoms with Crippen LogP contribution in [0.2, 0.25) is 0 Å². The Bertz CT molecular complexity index is 1310. The number of halogens is 3. The van der Waals surface area contributed by atoms with Gasteiger partial charge in [-0.2, -0.15) is 0 Å². The van der Waals surface area contributed by atoms with Crippen LogP contribution in [0.3, 0.4) is 0 Å². The van der Waals surface area contributed by atoms with E-state index >= 15 is 4.39 Å². The van der Waals surface area contributed by atoms with E-state index < -0.39 is 11.7 Å². The average Bonchev–Trinajstić information content (AvgIpc) is 3.79. The summed E-state index contributed by atoms with van der Waals surface area (Å²) in [5.74, 6) is -0.435. The molecule has 0 radical (unpaired) electrons. The number of rotatable bonds is 10. The van der Waals surface area contributed by atoms with E-state index in [0.717, 1.165) is 75.0 Å². The standard InChI is InChI=1S/C32H34F3N3O2S/c33-25-8-4-23(5-9-25)31(24-6-10-26(34)11-7-24)37-16-12-21(13-17-37)20-40-30-19-29(35)28(18-27(30)22-2-3-22)32(39)36-41-38-14-1-15-38/h4-11,18-19,21-22,31H,1-3,12-17,20H2,(H,36,39). The monoisotopic (exact) mass is 581 g/mol. The van der Waals surface area contributed by atoms with E-state index in [1.807, 2.05) is 4.31 Å². The molecule has 5 nitrogen and oxygen atoms in total. The number of carbonyl (C=O) groups excluding carboxylic acids is 1. The molecule has 1 saturated carbocycles. The van der Waals surface area contributed by atoms with Gasteiger partial charge in [0.15, 0.2) is 0 Å². The lowest BCUT2D eigenvalue weighted by atomic mass is 9.91. The van der Waals surface area contributed by atoms with Gasteiger partial charge in [-0.3, -0.25) is 14.4 Å². The topological polar surface area (TPSA) is 44.8 Å². The zero-order chi connectivity index (χ0) is 28.3. The van der Waals surface area contributed by atoms with Gasteiger partial charge in [0.05, 0.1) is 18.2 Å². The summed E-state index contributed by atoms with van der Waals surface area (Å²) in [6, 6.07) is 16.0. The first-order valence-corrected chi connectivity index (χ1v) is 15.2. The number of hydrogen-bond donors (Lipinski definition) is 1. The van der Waals surface area contributed by atoms with Gasteiger partial charge < -0.3 is 4.74 Å². The van der Waals surface area contributed by atoms with Crippen molar-refractivity contribution in [1.29, 1.82) is 0 Å². The maximum absolute atomic E-state index is 15.0. The third-order valence-corrected chi connectivity index (χ3v) is 9.20.